The Kier molecular flexibility index (Phi) is 2.86. The Morgan fingerprint density at radius 1 is 1.25 bits per heavy atom. The van der Waals surface area contributed by atoms with Crippen LogP contribution in [0.5, 0.6) is 0 Å². The van der Waals surface area contributed by atoms with E-state index in [9.17, 15) is 4.79 Å². The molecule has 82 valence electrons. The van der Waals surface area contributed by atoms with Gasteiger partial charge in [-0.1, -0.05) is 24.3 Å². The van der Waals surface area contributed by atoms with Gasteiger partial charge in [0, 0.05) is 25.2 Å². The highest BCUT2D eigenvalue weighted by atomic mass is 16.1. The van der Waals surface area contributed by atoms with Crippen LogP contribution in [0.2, 0.25) is 0 Å². The van der Waals surface area contributed by atoms with Gasteiger partial charge < -0.3 is 4.57 Å². The fraction of sp³-hybridized carbons (Fsp3) is 0.231. The maximum atomic E-state index is 12.0. The van der Waals surface area contributed by atoms with Crippen molar-refractivity contribution in [2.45, 2.75) is 6.92 Å². The van der Waals surface area contributed by atoms with Gasteiger partial charge in [-0.3, -0.25) is 9.79 Å². The van der Waals surface area contributed by atoms with E-state index < -0.39 is 0 Å². The van der Waals surface area contributed by atoms with Gasteiger partial charge in [-0.25, -0.2) is 0 Å². The average Bonchev–Trinajstić information content (AvgIpc) is 2.42. The van der Waals surface area contributed by atoms with Crippen LogP contribution in [-0.2, 0) is 7.05 Å². The second kappa shape index (κ2) is 4.31. The Hall–Kier alpha value is -1.90. The Labute approximate surface area is 93.7 Å². The number of fused-ring (bicyclic) bond motifs is 1. The summed E-state index contributed by atoms with van der Waals surface area (Å²) in [5.74, 6) is 0. The van der Waals surface area contributed by atoms with Gasteiger partial charge in [0.05, 0.1) is 0 Å². The smallest absolute Gasteiger partial charge is 0.276 e. The van der Waals surface area contributed by atoms with Crippen molar-refractivity contribution in [2.75, 3.05) is 6.54 Å². The summed E-state index contributed by atoms with van der Waals surface area (Å²) >= 11 is 0. The molecule has 0 aliphatic heterocycles. The first-order chi connectivity index (χ1) is 7.74. The third kappa shape index (κ3) is 1.76. The minimum atomic E-state index is -0.0527. The summed E-state index contributed by atoms with van der Waals surface area (Å²) in [6.07, 6.45) is 1.78. The van der Waals surface area contributed by atoms with Crippen LogP contribution in [0.1, 0.15) is 6.92 Å². The van der Waals surface area contributed by atoms with Crippen LogP contribution >= 0.6 is 0 Å². The molecule has 0 radical (unpaired) electrons. The van der Waals surface area contributed by atoms with Crippen LogP contribution in [-0.4, -0.2) is 11.1 Å². The zero-order valence-electron chi connectivity index (χ0n) is 9.47. The molecule has 1 aromatic heterocycles. The highest BCUT2D eigenvalue weighted by Gasteiger charge is 1.98. The zero-order chi connectivity index (χ0) is 11.5. The first-order valence-electron chi connectivity index (χ1n) is 5.33. The fourth-order valence-electron chi connectivity index (χ4n) is 1.71. The molecule has 3 heteroatoms. The predicted octanol–water partition coefficient (Wildman–Crippen LogP) is 1.46. The molecule has 16 heavy (non-hydrogen) atoms. The summed E-state index contributed by atoms with van der Waals surface area (Å²) in [7, 11) is 1.75. The molecule has 2 aromatic rings. The normalized spacial score (nSPS) is 12.0. The lowest BCUT2D eigenvalue weighted by molar-refractivity contribution is 0.850. The van der Waals surface area contributed by atoms with Gasteiger partial charge >= 0.3 is 0 Å². The number of aryl methyl sites for hydroxylation is 1. The summed E-state index contributed by atoms with van der Waals surface area (Å²) < 4.78 is 1.56. The molecule has 1 aromatic carbocycles. The molecule has 0 N–H and O–H groups in total. The Balaban J connectivity index is 3.10. The summed E-state index contributed by atoms with van der Waals surface area (Å²) in [6.45, 7) is 2.55. The maximum Gasteiger partial charge on any atom is 0.276 e. The topological polar surface area (TPSA) is 34.4 Å². The Bertz CT molecular complexity index is 641. The molecule has 0 saturated carbocycles. The Morgan fingerprint density at radius 2 is 2.00 bits per heavy atom. The van der Waals surface area contributed by atoms with Crippen molar-refractivity contribution in [3.8, 4) is 0 Å². The minimum absolute atomic E-state index is 0.0527. The van der Waals surface area contributed by atoms with Crippen molar-refractivity contribution >= 4 is 10.8 Å². The van der Waals surface area contributed by atoms with E-state index >= 15 is 0 Å². The lowest BCUT2D eigenvalue weighted by Gasteiger charge is -1.91. The molecule has 0 aliphatic carbocycles. The monoisotopic (exact) mass is 214 g/mol. The second-order valence-corrected chi connectivity index (χ2v) is 3.64. The van der Waals surface area contributed by atoms with Gasteiger partial charge in [0.1, 0.15) is 5.36 Å². The van der Waals surface area contributed by atoms with E-state index in [1.807, 2.05) is 37.3 Å². The largest absolute Gasteiger partial charge is 0.317 e. The van der Waals surface area contributed by atoms with Gasteiger partial charge in [-0.05, 0) is 18.4 Å². The summed E-state index contributed by atoms with van der Waals surface area (Å²) in [4.78, 5) is 16.3. The third-order valence-electron chi connectivity index (χ3n) is 2.53. The number of aromatic nitrogens is 1. The van der Waals surface area contributed by atoms with E-state index in [2.05, 4.69) is 4.99 Å². The van der Waals surface area contributed by atoms with Crippen LogP contribution in [0.25, 0.3) is 10.8 Å². The minimum Gasteiger partial charge on any atom is -0.317 e. The molecule has 0 fully saturated rings. The number of nitrogens with zero attached hydrogens (tertiary/aromatic N) is 2. The highest BCUT2D eigenvalue weighted by Crippen LogP contribution is 2.05. The van der Waals surface area contributed by atoms with Crippen molar-refractivity contribution in [1.82, 2.24) is 4.57 Å². The van der Waals surface area contributed by atoms with Crippen molar-refractivity contribution < 1.29 is 0 Å². The van der Waals surface area contributed by atoms with Crippen molar-refractivity contribution in [3.05, 3.63) is 52.2 Å². The van der Waals surface area contributed by atoms with Gasteiger partial charge in [0.2, 0.25) is 0 Å². The molecule has 2 rings (SSSR count). The number of benzene rings is 1. The van der Waals surface area contributed by atoms with Gasteiger partial charge in [-0.2, -0.15) is 0 Å². The second-order valence-electron chi connectivity index (χ2n) is 3.64. The first kappa shape index (κ1) is 10.6. The molecule has 0 saturated heterocycles. The van der Waals surface area contributed by atoms with Crippen LogP contribution in [0.4, 0.5) is 0 Å². The maximum absolute atomic E-state index is 12.0. The predicted molar refractivity (Wildman–Crippen MR) is 65.3 cm³/mol. The lowest BCUT2D eigenvalue weighted by Crippen LogP contribution is -2.30. The van der Waals surface area contributed by atoms with Crippen molar-refractivity contribution in [3.63, 3.8) is 0 Å². The number of hydrogen-bond acceptors (Lipinski definition) is 2. The number of hydrogen-bond donors (Lipinski definition) is 0. The van der Waals surface area contributed by atoms with Crippen LogP contribution < -0.4 is 10.9 Å². The van der Waals surface area contributed by atoms with E-state index in [-0.39, 0.29) is 5.56 Å². The quantitative estimate of drug-likeness (QED) is 0.707. The van der Waals surface area contributed by atoms with E-state index in [1.54, 1.807) is 17.8 Å². The zero-order valence-corrected chi connectivity index (χ0v) is 9.47. The molecule has 1 heterocycles. The van der Waals surface area contributed by atoms with E-state index in [4.69, 9.17) is 0 Å². The van der Waals surface area contributed by atoms with Crippen LogP contribution in [0.3, 0.4) is 0 Å². The first-order valence-corrected chi connectivity index (χ1v) is 5.33. The molecular formula is C13H14N2O. The van der Waals surface area contributed by atoms with E-state index in [0.717, 1.165) is 10.8 Å². The van der Waals surface area contributed by atoms with E-state index in [1.165, 1.54) is 0 Å². The SMILES string of the molecule is CCN=c1c(=O)n(C)ccc2ccccc12. The van der Waals surface area contributed by atoms with Gasteiger partial charge in [0.15, 0.2) is 0 Å². The molecule has 0 atom stereocenters. The van der Waals surface area contributed by atoms with Crippen LogP contribution in [0.15, 0.2) is 46.3 Å². The van der Waals surface area contributed by atoms with Crippen LogP contribution in [0, 0.1) is 0 Å². The molecule has 0 aliphatic rings. The standard InChI is InChI=1S/C13H14N2O/c1-3-14-12-11-7-5-4-6-10(11)8-9-15(2)13(12)16/h4-9H,3H2,1-2H3. The summed E-state index contributed by atoms with van der Waals surface area (Å²) in [5, 5.41) is 2.49. The summed E-state index contributed by atoms with van der Waals surface area (Å²) in [5.41, 5.74) is -0.0527. The van der Waals surface area contributed by atoms with Gasteiger partial charge in [-0.15, -0.1) is 0 Å². The molecule has 3 nitrogen and oxygen atoms in total. The average molecular weight is 214 g/mol. The summed E-state index contributed by atoms with van der Waals surface area (Å²) in [6, 6.07) is 9.75. The molecule has 0 amide bonds. The van der Waals surface area contributed by atoms with E-state index in [0.29, 0.717) is 11.9 Å². The van der Waals surface area contributed by atoms with Crippen molar-refractivity contribution in [1.29, 1.82) is 0 Å². The lowest BCUT2D eigenvalue weighted by atomic mass is 10.2. The fourth-order valence-corrected chi connectivity index (χ4v) is 1.71. The molecule has 0 bridgehead atoms. The third-order valence-corrected chi connectivity index (χ3v) is 2.53. The Morgan fingerprint density at radius 3 is 2.75 bits per heavy atom. The van der Waals surface area contributed by atoms with Gasteiger partial charge in [0.25, 0.3) is 5.56 Å². The number of rotatable bonds is 1. The highest BCUT2D eigenvalue weighted by molar-refractivity contribution is 5.80. The molecule has 0 unspecified atom stereocenters. The van der Waals surface area contributed by atoms with Crippen molar-refractivity contribution in [2.24, 2.45) is 12.0 Å². The molecular weight excluding hydrogens is 200 g/mol. The molecule has 0 spiro atoms.